The molecule has 0 spiro atoms. The van der Waals surface area contributed by atoms with Crippen molar-refractivity contribution in [3.8, 4) is 6.07 Å². The van der Waals surface area contributed by atoms with Gasteiger partial charge in [-0.15, -0.1) is 0 Å². The standard InChI is InChI=1S/C14H23N3O2/c1-16(8-9-17-6-2-3-7-17)13(18)14(12-15)4-10-19-11-5-14/h2-11H2,1H3. The maximum Gasteiger partial charge on any atom is 0.243 e. The van der Waals surface area contributed by atoms with E-state index in [-0.39, 0.29) is 5.91 Å². The third-order valence-corrected chi connectivity index (χ3v) is 4.27. The van der Waals surface area contributed by atoms with E-state index in [0.717, 1.165) is 19.6 Å². The molecule has 5 nitrogen and oxygen atoms in total. The number of likely N-dealkylation sites (tertiary alicyclic amines) is 1. The minimum absolute atomic E-state index is 0.0301. The second-order valence-electron chi connectivity index (χ2n) is 5.58. The van der Waals surface area contributed by atoms with Crippen LogP contribution in [0, 0.1) is 16.7 Å². The van der Waals surface area contributed by atoms with E-state index >= 15 is 0 Å². The van der Waals surface area contributed by atoms with Crippen molar-refractivity contribution in [3.63, 3.8) is 0 Å². The fourth-order valence-corrected chi connectivity index (χ4v) is 2.86. The smallest absolute Gasteiger partial charge is 0.243 e. The van der Waals surface area contributed by atoms with Crippen molar-refractivity contribution in [1.29, 1.82) is 5.26 Å². The van der Waals surface area contributed by atoms with Crippen molar-refractivity contribution >= 4 is 5.91 Å². The number of nitriles is 1. The van der Waals surface area contributed by atoms with Crippen LogP contribution in [0.2, 0.25) is 0 Å². The molecule has 2 heterocycles. The highest BCUT2D eigenvalue weighted by Gasteiger charge is 2.42. The summed E-state index contributed by atoms with van der Waals surface area (Å²) in [6.07, 6.45) is 3.57. The van der Waals surface area contributed by atoms with Crippen LogP contribution in [-0.4, -0.2) is 62.1 Å². The van der Waals surface area contributed by atoms with Gasteiger partial charge in [0.2, 0.25) is 5.91 Å². The lowest BCUT2D eigenvalue weighted by Gasteiger charge is -2.33. The number of rotatable bonds is 4. The number of carbonyl (C=O) groups excluding carboxylic acids is 1. The maximum absolute atomic E-state index is 12.5. The van der Waals surface area contributed by atoms with Gasteiger partial charge in [0.25, 0.3) is 0 Å². The SMILES string of the molecule is CN(CCN1CCCC1)C(=O)C1(C#N)CCOCC1. The molecule has 106 valence electrons. The van der Waals surface area contributed by atoms with Gasteiger partial charge in [0.15, 0.2) is 0 Å². The molecule has 0 aromatic carbocycles. The number of carbonyl (C=O) groups is 1. The Morgan fingerprint density at radius 2 is 2.00 bits per heavy atom. The van der Waals surface area contributed by atoms with E-state index in [2.05, 4.69) is 11.0 Å². The fraction of sp³-hybridized carbons (Fsp3) is 0.857. The molecular weight excluding hydrogens is 242 g/mol. The van der Waals surface area contributed by atoms with E-state index in [4.69, 9.17) is 4.74 Å². The zero-order valence-electron chi connectivity index (χ0n) is 11.7. The van der Waals surface area contributed by atoms with Crippen LogP contribution in [0.25, 0.3) is 0 Å². The number of hydrogen-bond acceptors (Lipinski definition) is 4. The first kappa shape index (κ1) is 14.3. The Hall–Kier alpha value is -1.12. The molecule has 0 unspecified atom stereocenters. The highest BCUT2D eigenvalue weighted by molar-refractivity contribution is 5.85. The van der Waals surface area contributed by atoms with E-state index in [1.54, 1.807) is 4.90 Å². The molecule has 0 aromatic rings. The number of likely N-dealkylation sites (N-methyl/N-ethyl adjacent to an activating group) is 1. The Morgan fingerprint density at radius 1 is 1.37 bits per heavy atom. The van der Waals surface area contributed by atoms with Crippen molar-refractivity contribution in [2.45, 2.75) is 25.7 Å². The summed E-state index contributed by atoms with van der Waals surface area (Å²) in [6.45, 7) is 4.93. The van der Waals surface area contributed by atoms with Crippen LogP contribution in [0.15, 0.2) is 0 Å². The van der Waals surface area contributed by atoms with Crippen LogP contribution in [0.3, 0.4) is 0 Å². The van der Waals surface area contributed by atoms with E-state index in [9.17, 15) is 10.1 Å². The first-order valence-electron chi connectivity index (χ1n) is 7.15. The molecule has 0 aromatic heterocycles. The molecule has 2 fully saturated rings. The summed E-state index contributed by atoms with van der Waals surface area (Å²) in [4.78, 5) is 16.6. The van der Waals surface area contributed by atoms with Crippen molar-refractivity contribution in [3.05, 3.63) is 0 Å². The molecule has 2 rings (SSSR count). The highest BCUT2D eigenvalue weighted by atomic mass is 16.5. The summed E-state index contributed by atoms with van der Waals surface area (Å²) in [6, 6.07) is 2.24. The molecule has 0 saturated carbocycles. The Balaban J connectivity index is 1.87. The van der Waals surface area contributed by atoms with Crippen LogP contribution in [0.1, 0.15) is 25.7 Å². The average Bonchev–Trinajstić information content (AvgIpc) is 2.98. The van der Waals surface area contributed by atoms with Gasteiger partial charge in [-0.2, -0.15) is 5.26 Å². The second kappa shape index (κ2) is 6.36. The van der Waals surface area contributed by atoms with Crippen LogP contribution in [-0.2, 0) is 9.53 Å². The van der Waals surface area contributed by atoms with Crippen molar-refractivity contribution in [2.75, 3.05) is 46.4 Å². The molecule has 2 aliphatic heterocycles. The van der Waals surface area contributed by atoms with Gasteiger partial charge in [0.1, 0.15) is 5.41 Å². The Bertz CT molecular complexity index is 352. The molecule has 0 aliphatic carbocycles. The molecule has 2 saturated heterocycles. The van der Waals surface area contributed by atoms with Crippen LogP contribution >= 0.6 is 0 Å². The van der Waals surface area contributed by atoms with Crippen LogP contribution in [0.5, 0.6) is 0 Å². The van der Waals surface area contributed by atoms with Crippen molar-refractivity contribution in [1.82, 2.24) is 9.80 Å². The average molecular weight is 265 g/mol. The lowest BCUT2D eigenvalue weighted by Crippen LogP contribution is -2.46. The minimum atomic E-state index is -0.849. The summed E-state index contributed by atoms with van der Waals surface area (Å²) in [7, 11) is 1.81. The van der Waals surface area contributed by atoms with Crippen LogP contribution in [0.4, 0.5) is 0 Å². The third kappa shape index (κ3) is 3.26. The Kier molecular flexibility index (Phi) is 4.78. The lowest BCUT2D eigenvalue weighted by atomic mass is 9.80. The topological polar surface area (TPSA) is 56.6 Å². The molecule has 2 aliphatic rings. The summed E-state index contributed by atoms with van der Waals surface area (Å²) >= 11 is 0. The number of amides is 1. The summed E-state index contributed by atoms with van der Waals surface area (Å²) in [5.41, 5.74) is -0.849. The van der Waals surface area contributed by atoms with Crippen LogP contribution < -0.4 is 0 Å². The number of hydrogen-bond donors (Lipinski definition) is 0. The van der Waals surface area contributed by atoms with Gasteiger partial charge in [-0.25, -0.2) is 0 Å². The highest BCUT2D eigenvalue weighted by Crippen LogP contribution is 2.31. The van der Waals surface area contributed by atoms with Gasteiger partial charge < -0.3 is 14.5 Å². The molecular formula is C14H23N3O2. The summed E-state index contributed by atoms with van der Waals surface area (Å²) < 4.78 is 5.27. The minimum Gasteiger partial charge on any atom is -0.381 e. The summed E-state index contributed by atoms with van der Waals surface area (Å²) in [5, 5.41) is 9.38. The van der Waals surface area contributed by atoms with Crippen molar-refractivity contribution < 1.29 is 9.53 Å². The Morgan fingerprint density at radius 3 is 2.58 bits per heavy atom. The van der Waals surface area contributed by atoms with E-state index < -0.39 is 5.41 Å². The first-order valence-corrected chi connectivity index (χ1v) is 7.15. The monoisotopic (exact) mass is 265 g/mol. The molecule has 0 N–H and O–H groups in total. The molecule has 1 amide bonds. The fourth-order valence-electron chi connectivity index (χ4n) is 2.86. The second-order valence-corrected chi connectivity index (χ2v) is 5.58. The largest absolute Gasteiger partial charge is 0.381 e. The number of nitrogens with zero attached hydrogens (tertiary/aromatic N) is 3. The van der Waals surface area contributed by atoms with Gasteiger partial charge in [-0.05, 0) is 38.8 Å². The van der Waals surface area contributed by atoms with Gasteiger partial charge in [0.05, 0.1) is 6.07 Å². The predicted octanol–water partition coefficient (Wildman–Crippen LogP) is 0.861. The van der Waals surface area contributed by atoms with Gasteiger partial charge >= 0.3 is 0 Å². The van der Waals surface area contributed by atoms with E-state index in [1.807, 2.05) is 7.05 Å². The lowest BCUT2D eigenvalue weighted by molar-refractivity contribution is -0.142. The normalized spacial score (nSPS) is 22.9. The molecule has 0 atom stereocenters. The molecule has 0 bridgehead atoms. The zero-order valence-corrected chi connectivity index (χ0v) is 11.7. The van der Waals surface area contributed by atoms with Crippen molar-refractivity contribution in [2.24, 2.45) is 5.41 Å². The van der Waals surface area contributed by atoms with Gasteiger partial charge in [-0.3, -0.25) is 4.79 Å². The number of ether oxygens (including phenoxy) is 1. The van der Waals surface area contributed by atoms with Gasteiger partial charge in [0, 0.05) is 33.4 Å². The molecule has 5 heteroatoms. The van der Waals surface area contributed by atoms with E-state index in [0.29, 0.717) is 32.6 Å². The van der Waals surface area contributed by atoms with E-state index in [1.165, 1.54) is 12.8 Å². The predicted molar refractivity (Wildman–Crippen MR) is 71.4 cm³/mol. The molecule has 0 radical (unpaired) electrons. The zero-order chi connectivity index (χ0) is 13.7. The molecule has 19 heavy (non-hydrogen) atoms. The van der Waals surface area contributed by atoms with Gasteiger partial charge in [-0.1, -0.05) is 0 Å². The maximum atomic E-state index is 12.5. The summed E-state index contributed by atoms with van der Waals surface area (Å²) in [5.74, 6) is -0.0301. The first-order chi connectivity index (χ1) is 9.18. The third-order valence-electron chi connectivity index (χ3n) is 4.27. The Labute approximate surface area is 115 Å². The quantitative estimate of drug-likeness (QED) is 0.756.